The predicted octanol–water partition coefficient (Wildman–Crippen LogP) is 2.17. The van der Waals surface area contributed by atoms with Gasteiger partial charge in [0.1, 0.15) is 0 Å². The highest BCUT2D eigenvalue weighted by Gasteiger charge is 2.25. The predicted molar refractivity (Wildman–Crippen MR) is 93.0 cm³/mol. The van der Waals surface area contributed by atoms with Crippen LogP contribution in [0.3, 0.4) is 0 Å². The van der Waals surface area contributed by atoms with Crippen LogP contribution in [0.5, 0.6) is 0 Å². The molecule has 1 aliphatic carbocycles. The van der Waals surface area contributed by atoms with Crippen molar-refractivity contribution in [3.63, 3.8) is 0 Å². The molecule has 1 saturated carbocycles. The first kappa shape index (κ1) is 16.9. The van der Waals surface area contributed by atoms with E-state index < -0.39 is 5.91 Å². The fourth-order valence-electron chi connectivity index (χ4n) is 2.97. The van der Waals surface area contributed by atoms with Crippen LogP contribution in [0, 0.1) is 17.2 Å². The number of rotatable bonds is 5. The Morgan fingerprint density at radius 2 is 2.16 bits per heavy atom. The molecule has 0 bridgehead atoms. The van der Waals surface area contributed by atoms with Crippen molar-refractivity contribution in [2.45, 2.75) is 25.4 Å². The van der Waals surface area contributed by atoms with Gasteiger partial charge in [-0.25, -0.2) is 9.97 Å². The lowest BCUT2D eigenvalue weighted by atomic mass is 10.1. The molecule has 7 nitrogen and oxygen atoms in total. The average molecular weight is 337 g/mol. The highest BCUT2D eigenvalue weighted by Crippen LogP contribution is 2.26. The molecular weight excluding hydrogens is 318 g/mol. The average Bonchev–Trinajstić information content (AvgIpc) is 3.05. The maximum Gasteiger partial charge on any atom is 0.278 e. The summed E-state index contributed by atoms with van der Waals surface area (Å²) in [5, 5.41) is 24.7. The summed E-state index contributed by atoms with van der Waals surface area (Å²) in [6, 6.07) is 8.70. The maximum absolute atomic E-state index is 12.5. The molecule has 1 heterocycles. The number of amides is 1. The van der Waals surface area contributed by atoms with E-state index in [0.29, 0.717) is 23.6 Å². The lowest BCUT2D eigenvalue weighted by Gasteiger charge is -2.16. The van der Waals surface area contributed by atoms with Crippen LogP contribution in [-0.2, 0) is 0 Å². The zero-order valence-corrected chi connectivity index (χ0v) is 13.6. The molecule has 7 heteroatoms. The number of nitriles is 1. The van der Waals surface area contributed by atoms with Gasteiger partial charge in [0.25, 0.3) is 5.91 Å². The highest BCUT2D eigenvalue weighted by atomic mass is 16.3. The smallest absolute Gasteiger partial charge is 0.278 e. The molecule has 128 valence electrons. The minimum Gasteiger partial charge on any atom is -0.393 e. The Labute approximate surface area is 145 Å². The van der Waals surface area contributed by atoms with E-state index in [4.69, 9.17) is 5.26 Å². The summed E-state index contributed by atoms with van der Waals surface area (Å²) in [7, 11) is 0. The van der Waals surface area contributed by atoms with Gasteiger partial charge in [0.05, 0.1) is 17.7 Å². The van der Waals surface area contributed by atoms with E-state index in [-0.39, 0.29) is 17.7 Å². The molecule has 0 radical (unpaired) electrons. The Hall–Kier alpha value is -2.98. The molecule has 3 N–H and O–H groups in total. The Balaban J connectivity index is 1.71. The molecule has 1 aliphatic rings. The zero-order chi connectivity index (χ0) is 17.6. The van der Waals surface area contributed by atoms with Crippen molar-refractivity contribution in [1.82, 2.24) is 9.97 Å². The van der Waals surface area contributed by atoms with E-state index in [1.807, 2.05) is 6.07 Å². The first-order valence-electron chi connectivity index (χ1n) is 8.22. The SMILES string of the molecule is N#Cc1cccc(NC(=O)c2nccnc2NC[C@@H]2CCC[C@H]2O)c1. The Morgan fingerprint density at radius 3 is 2.92 bits per heavy atom. The molecule has 1 fully saturated rings. The monoisotopic (exact) mass is 337 g/mol. The number of hydrogen-bond donors (Lipinski definition) is 3. The topological polar surface area (TPSA) is 111 Å². The molecule has 0 saturated heterocycles. The van der Waals surface area contributed by atoms with Gasteiger partial charge in [-0.1, -0.05) is 12.5 Å². The highest BCUT2D eigenvalue weighted by molar-refractivity contribution is 6.05. The number of aliphatic hydroxyl groups excluding tert-OH is 1. The molecule has 2 atom stereocenters. The molecule has 2 aromatic rings. The summed E-state index contributed by atoms with van der Waals surface area (Å²) in [5.74, 6) is 0.137. The number of nitrogens with one attached hydrogen (secondary N) is 2. The van der Waals surface area contributed by atoms with E-state index in [1.54, 1.807) is 24.3 Å². The molecule has 0 unspecified atom stereocenters. The van der Waals surface area contributed by atoms with Gasteiger partial charge in [-0.05, 0) is 31.0 Å². The Kier molecular flexibility index (Phi) is 5.21. The first-order valence-corrected chi connectivity index (χ1v) is 8.22. The largest absolute Gasteiger partial charge is 0.393 e. The van der Waals surface area contributed by atoms with E-state index in [2.05, 4.69) is 20.6 Å². The number of aromatic nitrogens is 2. The van der Waals surface area contributed by atoms with Crippen molar-refractivity contribution in [2.24, 2.45) is 5.92 Å². The van der Waals surface area contributed by atoms with Crippen molar-refractivity contribution in [3.8, 4) is 6.07 Å². The minimum atomic E-state index is -0.405. The van der Waals surface area contributed by atoms with Crippen molar-refractivity contribution in [3.05, 3.63) is 47.9 Å². The summed E-state index contributed by atoms with van der Waals surface area (Å²) >= 11 is 0. The van der Waals surface area contributed by atoms with Crippen LogP contribution in [0.4, 0.5) is 11.5 Å². The lowest BCUT2D eigenvalue weighted by molar-refractivity contribution is 0.102. The molecule has 3 rings (SSSR count). The zero-order valence-electron chi connectivity index (χ0n) is 13.6. The fourth-order valence-corrected chi connectivity index (χ4v) is 2.97. The van der Waals surface area contributed by atoms with Crippen LogP contribution < -0.4 is 10.6 Å². The quantitative estimate of drug-likeness (QED) is 0.771. The summed E-state index contributed by atoms with van der Waals surface area (Å²) in [5.41, 5.74) is 1.16. The standard InChI is InChI=1S/C18H19N5O2/c19-10-12-3-1-5-14(9-12)23-18(25)16-17(21-8-7-20-16)22-11-13-4-2-6-15(13)24/h1,3,5,7-9,13,15,24H,2,4,6,11H2,(H,21,22)(H,23,25)/t13-,15+/m0/s1. The van der Waals surface area contributed by atoms with Gasteiger partial charge in [-0.15, -0.1) is 0 Å². The molecular formula is C18H19N5O2. The molecule has 0 spiro atoms. The second-order valence-electron chi connectivity index (χ2n) is 6.04. The number of nitrogens with zero attached hydrogens (tertiary/aromatic N) is 3. The lowest BCUT2D eigenvalue weighted by Crippen LogP contribution is -2.24. The first-order chi connectivity index (χ1) is 12.2. The third-order valence-corrected chi connectivity index (χ3v) is 4.31. The number of carbonyl (C=O) groups is 1. The van der Waals surface area contributed by atoms with Gasteiger partial charge in [0, 0.05) is 30.5 Å². The van der Waals surface area contributed by atoms with Crippen LogP contribution in [0.15, 0.2) is 36.7 Å². The summed E-state index contributed by atoms with van der Waals surface area (Å²) in [6.07, 6.45) is 5.44. The maximum atomic E-state index is 12.5. The van der Waals surface area contributed by atoms with Crippen molar-refractivity contribution in [2.75, 3.05) is 17.2 Å². The number of anilines is 2. The van der Waals surface area contributed by atoms with E-state index >= 15 is 0 Å². The van der Waals surface area contributed by atoms with Crippen molar-refractivity contribution in [1.29, 1.82) is 5.26 Å². The van der Waals surface area contributed by atoms with Gasteiger partial charge in [0.15, 0.2) is 11.5 Å². The van der Waals surface area contributed by atoms with Crippen molar-refractivity contribution < 1.29 is 9.90 Å². The van der Waals surface area contributed by atoms with Crippen LogP contribution >= 0.6 is 0 Å². The third-order valence-electron chi connectivity index (χ3n) is 4.31. The Bertz CT molecular complexity index is 802. The molecule has 1 aromatic heterocycles. The van der Waals surface area contributed by atoms with E-state index in [0.717, 1.165) is 19.3 Å². The molecule has 1 amide bonds. The number of aliphatic hydroxyl groups is 1. The van der Waals surface area contributed by atoms with Crippen LogP contribution in [0.2, 0.25) is 0 Å². The van der Waals surface area contributed by atoms with Crippen LogP contribution in [0.25, 0.3) is 0 Å². The normalized spacial score (nSPS) is 19.2. The summed E-state index contributed by atoms with van der Waals surface area (Å²) in [4.78, 5) is 20.8. The van der Waals surface area contributed by atoms with Crippen LogP contribution in [0.1, 0.15) is 35.3 Å². The minimum absolute atomic E-state index is 0.158. The van der Waals surface area contributed by atoms with Gasteiger partial charge in [-0.2, -0.15) is 5.26 Å². The second-order valence-corrected chi connectivity index (χ2v) is 6.04. The fraction of sp³-hybridized carbons (Fsp3) is 0.333. The number of hydrogen-bond acceptors (Lipinski definition) is 6. The van der Waals surface area contributed by atoms with Crippen molar-refractivity contribution >= 4 is 17.4 Å². The third kappa shape index (κ3) is 4.11. The van der Waals surface area contributed by atoms with E-state index in [1.165, 1.54) is 12.4 Å². The van der Waals surface area contributed by atoms with Gasteiger partial charge >= 0.3 is 0 Å². The number of benzene rings is 1. The summed E-state index contributed by atoms with van der Waals surface area (Å²) < 4.78 is 0. The number of carbonyl (C=O) groups excluding carboxylic acids is 1. The second kappa shape index (κ2) is 7.73. The van der Waals surface area contributed by atoms with E-state index in [9.17, 15) is 9.90 Å². The van der Waals surface area contributed by atoms with Gasteiger partial charge in [0.2, 0.25) is 0 Å². The van der Waals surface area contributed by atoms with Gasteiger partial charge < -0.3 is 15.7 Å². The van der Waals surface area contributed by atoms with Crippen LogP contribution in [-0.4, -0.2) is 33.6 Å². The molecule has 25 heavy (non-hydrogen) atoms. The molecule has 0 aliphatic heterocycles. The summed E-state index contributed by atoms with van der Waals surface area (Å²) in [6.45, 7) is 0.546. The molecule has 1 aromatic carbocycles. The van der Waals surface area contributed by atoms with Gasteiger partial charge in [-0.3, -0.25) is 4.79 Å². The Morgan fingerprint density at radius 1 is 1.32 bits per heavy atom.